The van der Waals surface area contributed by atoms with Crippen molar-refractivity contribution in [2.24, 2.45) is 5.10 Å². The monoisotopic (exact) mass is 407 g/mol. The Labute approximate surface area is 170 Å². The molecular weight excluding hydrogens is 390 g/mol. The second kappa shape index (κ2) is 8.15. The zero-order valence-electron chi connectivity index (χ0n) is 15.7. The van der Waals surface area contributed by atoms with Crippen molar-refractivity contribution in [3.63, 3.8) is 0 Å². The molecular formula is C21H17N3O4S. The zero-order chi connectivity index (χ0) is 20.2. The molecule has 0 saturated heterocycles. The van der Waals surface area contributed by atoms with Crippen molar-refractivity contribution in [2.45, 2.75) is 0 Å². The van der Waals surface area contributed by atoms with Gasteiger partial charge in [0.1, 0.15) is 17.1 Å². The molecule has 29 heavy (non-hydrogen) atoms. The minimum absolute atomic E-state index is 0.381. The van der Waals surface area contributed by atoms with E-state index in [1.807, 2.05) is 30.3 Å². The molecule has 1 N–H and O–H groups in total. The number of ether oxygens (including phenoxy) is 2. The van der Waals surface area contributed by atoms with Crippen molar-refractivity contribution in [3.05, 3.63) is 69.9 Å². The summed E-state index contributed by atoms with van der Waals surface area (Å²) in [5.41, 5.74) is 4.72. The molecule has 4 aromatic rings. The fourth-order valence-corrected chi connectivity index (χ4v) is 3.40. The molecule has 0 atom stereocenters. The fourth-order valence-electron chi connectivity index (χ4n) is 2.74. The molecule has 0 radical (unpaired) electrons. The molecule has 0 bridgehead atoms. The van der Waals surface area contributed by atoms with Gasteiger partial charge in [-0.2, -0.15) is 5.10 Å². The van der Waals surface area contributed by atoms with Gasteiger partial charge in [-0.1, -0.05) is 12.1 Å². The molecule has 0 spiro atoms. The first kappa shape index (κ1) is 18.7. The van der Waals surface area contributed by atoms with Gasteiger partial charge in [0, 0.05) is 10.8 Å². The maximum Gasteiger partial charge on any atom is 0.345 e. The Morgan fingerprint density at radius 3 is 2.76 bits per heavy atom. The van der Waals surface area contributed by atoms with E-state index < -0.39 is 5.63 Å². The van der Waals surface area contributed by atoms with E-state index >= 15 is 0 Å². The van der Waals surface area contributed by atoms with Crippen molar-refractivity contribution in [2.75, 3.05) is 19.6 Å². The van der Waals surface area contributed by atoms with Gasteiger partial charge in [-0.15, -0.1) is 11.3 Å². The van der Waals surface area contributed by atoms with Crippen molar-refractivity contribution in [1.82, 2.24) is 4.98 Å². The largest absolute Gasteiger partial charge is 0.497 e. The summed E-state index contributed by atoms with van der Waals surface area (Å²) in [5.74, 6) is 1.44. The van der Waals surface area contributed by atoms with E-state index in [2.05, 4.69) is 15.5 Å². The lowest BCUT2D eigenvalue weighted by molar-refractivity contribution is 0.414. The number of benzene rings is 2. The van der Waals surface area contributed by atoms with Crippen LogP contribution in [0.15, 0.2) is 68.2 Å². The number of hydrazone groups is 1. The van der Waals surface area contributed by atoms with E-state index in [1.165, 1.54) is 11.3 Å². The van der Waals surface area contributed by atoms with Gasteiger partial charge >= 0.3 is 5.63 Å². The van der Waals surface area contributed by atoms with Crippen LogP contribution in [0.4, 0.5) is 5.13 Å². The summed E-state index contributed by atoms with van der Waals surface area (Å²) in [5, 5.41) is 7.29. The summed E-state index contributed by atoms with van der Waals surface area (Å²) >= 11 is 1.34. The van der Waals surface area contributed by atoms with Gasteiger partial charge in [0.15, 0.2) is 0 Å². The number of rotatable bonds is 6. The third-order valence-electron chi connectivity index (χ3n) is 4.19. The van der Waals surface area contributed by atoms with Gasteiger partial charge in [0.05, 0.1) is 31.7 Å². The molecule has 4 rings (SSSR count). The Morgan fingerprint density at radius 2 is 1.93 bits per heavy atom. The summed E-state index contributed by atoms with van der Waals surface area (Å²) in [4.78, 5) is 16.8. The molecule has 0 unspecified atom stereocenters. The Hall–Kier alpha value is -3.65. The summed E-state index contributed by atoms with van der Waals surface area (Å²) < 4.78 is 15.8. The van der Waals surface area contributed by atoms with Crippen LogP contribution in [0.2, 0.25) is 0 Å². The lowest BCUT2D eigenvalue weighted by atomic mass is 10.1. The van der Waals surface area contributed by atoms with Crippen LogP contribution in [0.25, 0.3) is 22.2 Å². The lowest BCUT2D eigenvalue weighted by Crippen LogP contribution is -2.03. The van der Waals surface area contributed by atoms with Crippen molar-refractivity contribution < 1.29 is 13.9 Å². The summed E-state index contributed by atoms with van der Waals surface area (Å²) in [6, 6.07) is 14.5. The van der Waals surface area contributed by atoms with Crippen LogP contribution < -0.4 is 20.5 Å². The predicted molar refractivity (Wildman–Crippen MR) is 114 cm³/mol. The minimum atomic E-state index is -0.445. The fraction of sp³-hybridized carbons (Fsp3) is 0.0952. The first-order valence-corrected chi connectivity index (χ1v) is 9.55. The standard InChI is InChI=1S/C21H17N3O4S/c1-26-15-5-3-4-13(8-15)11-22-24-21-23-18(12-29-21)17-10-14-9-16(27-2)6-7-19(14)28-20(17)25/h3-12H,1-2H3,(H,23,24)/b22-11+. The Morgan fingerprint density at radius 1 is 1.10 bits per heavy atom. The number of methoxy groups -OCH3 is 2. The normalized spacial score (nSPS) is 11.1. The molecule has 0 aliphatic carbocycles. The number of nitrogens with one attached hydrogen (secondary N) is 1. The second-order valence-electron chi connectivity index (χ2n) is 6.04. The van der Waals surface area contributed by atoms with Gasteiger partial charge in [0.25, 0.3) is 0 Å². The summed E-state index contributed by atoms with van der Waals surface area (Å²) in [6.07, 6.45) is 1.67. The topological polar surface area (TPSA) is 85.9 Å². The lowest BCUT2D eigenvalue weighted by Gasteiger charge is -2.03. The summed E-state index contributed by atoms with van der Waals surface area (Å²) in [6.45, 7) is 0. The van der Waals surface area contributed by atoms with Crippen LogP contribution in [0.3, 0.4) is 0 Å². The third kappa shape index (κ3) is 4.12. The van der Waals surface area contributed by atoms with Gasteiger partial charge in [0.2, 0.25) is 5.13 Å². The van der Waals surface area contributed by atoms with E-state index in [0.717, 1.165) is 16.7 Å². The molecule has 2 heterocycles. The van der Waals surface area contributed by atoms with Crippen LogP contribution in [0.1, 0.15) is 5.56 Å². The van der Waals surface area contributed by atoms with Crippen LogP contribution in [0.5, 0.6) is 11.5 Å². The highest BCUT2D eigenvalue weighted by Gasteiger charge is 2.12. The number of hydrogen-bond donors (Lipinski definition) is 1. The van der Waals surface area contributed by atoms with Gasteiger partial charge in [-0.05, 0) is 42.0 Å². The number of anilines is 1. The Balaban J connectivity index is 1.56. The number of hydrogen-bond acceptors (Lipinski definition) is 8. The average Bonchev–Trinajstić information content (AvgIpc) is 3.21. The quantitative estimate of drug-likeness (QED) is 0.290. The van der Waals surface area contributed by atoms with Crippen molar-refractivity contribution >= 4 is 33.7 Å². The predicted octanol–water partition coefficient (Wildman–Crippen LogP) is 4.38. The highest BCUT2D eigenvalue weighted by atomic mass is 32.1. The molecule has 7 nitrogen and oxygen atoms in total. The van der Waals surface area contributed by atoms with Crippen molar-refractivity contribution in [3.8, 4) is 22.8 Å². The SMILES string of the molecule is COc1cccc(/C=N/Nc2nc(-c3cc4cc(OC)ccc4oc3=O)cs2)c1. The number of aromatic nitrogens is 1. The zero-order valence-corrected chi connectivity index (χ0v) is 16.5. The third-order valence-corrected chi connectivity index (χ3v) is 4.93. The molecule has 0 aliphatic rings. The Kier molecular flexibility index (Phi) is 5.26. The van der Waals surface area contributed by atoms with Crippen LogP contribution in [-0.2, 0) is 0 Å². The van der Waals surface area contributed by atoms with Crippen molar-refractivity contribution in [1.29, 1.82) is 0 Å². The van der Waals surface area contributed by atoms with E-state index in [4.69, 9.17) is 13.9 Å². The number of nitrogens with zero attached hydrogens (tertiary/aromatic N) is 2. The maximum atomic E-state index is 12.4. The summed E-state index contributed by atoms with van der Waals surface area (Å²) in [7, 11) is 3.21. The smallest absolute Gasteiger partial charge is 0.345 e. The second-order valence-corrected chi connectivity index (χ2v) is 6.89. The van der Waals surface area contributed by atoms with E-state index in [-0.39, 0.29) is 0 Å². The Bertz CT molecular complexity index is 1250. The molecule has 0 fully saturated rings. The maximum absolute atomic E-state index is 12.4. The van der Waals surface area contributed by atoms with E-state index in [1.54, 1.807) is 44.0 Å². The number of thiazole rings is 1. The highest BCUT2D eigenvalue weighted by Crippen LogP contribution is 2.27. The molecule has 0 aliphatic heterocycles. The highest BCUT2D eigenvalue weighted by molar-refractivity contribution is 7.14. The molecule has 8 heteroatoms. The van der Waals surface area contributed by atoms with Gasteiger partial charge in [-0.3, -0.25) is 5.43 Å². The average molecular weight is 407 g/mol. The van der Waals surface area contributed by atoms with Gasteiger partial charge < -0.3 is 13.9 Å². The molecule has 2 aromatic carbocycles. The van der Waals surface area contributed by atoms with E-state index in [0.29, 0.717) is 27.7 Å². The first-order chi connectivity index (χ1) is 14.2. The van der Waals surface area contributed by atoms with Crippen LogP contribution in [-0.4, -0.2) is 25.4 Å². The molecule has 2 aromatic heterocycles. The molecule has 0 saturated carbocycles. The first-order valence-electron chi connectivity index (χ1n) is 8.67. The molecule has 146 valence electrons. The van der Waals surface area contributed by atoms with E-state index in [9.17, 15) is 4.79 Å². The minimum Gasteiger partial charge on any atom is -0.497 e. The molecule has 0 amide bonds. The van der Waals surface area contributed by atoms with Crippen LogP contribution in [0, 0.1) is 0 Å². The van der Waals surface area contributed by atoms with Crippen LogP contribution >= 0.6 is 11.3 Å². The van der Waals surface area contributed by atoms with Gasteiger partial charge in [-0.25, -0.2) is 9.78 Å². The number of fused-ring (bicyclic) bond motifs is 1.